The standard InChI is InChI=1S/C18H25N3O7/c1-5-14(22)19-11-7-6-8-20(10-11)18(23)12-9-13(26-2)16(27-3)17(28-4)15(12)21(24)25/h9,11H,5-8,10H2,1-4H3,(H,19,22). The van der Waals surface area contributed by atoms with E-state index in [2.05, 4.69) is 5.32 Å². The third kappa shape index (κ3) is 4.26. The summed E-state index contributed by atoms with van der Waals surface area (Å²) < 4.78 is 15.6. The summed E-state index contributed by atoms with van der Waals surface area (Å²) in [5.74, 6) is -0.608. The molecule has 0 radical (unpaired) electrons. The van der Waals surface area contributed by atoms with Crippen molar-refractivity contribution in [1.29, 1.82) is 0 Å². The molecule has 0 bridgehead atoms. The van der Waals surface area contributed by atoms with E-state index in [0.29, 0.717) is 19.4 Å². The third-order valence-electron chi connectivity index (χ3n) is 4.61. The van der Waals surface area contributed by atoms with Gasteiger partial charge in [0.15, 0.2) is 5.75 Å². The van der Waals surface area contributed by atoms with Crippen molar-refractivity contribution in [1.82, 2.24) is 10.2 Å². The zero-order chi connectivity index (χ0) is 20.8. The number of carbonyl (C=O) groups is 2. The van der Waals surface area contributed by atoms with Crippen LogP contribution in [0.15, 0.2) is 6.07 Å². The summed E-state index contributed by atoms with van der Waals surface area (Å²) in [6.45, 7) is 2.46. The molecule has 1 heterocycles. The topological polar surface area (TPSA) is 120 Å². The normalized spacial score (nSPS) is 16.3. The van der Waals surface area contributed by atoms with Gasteiger partial charge in [-0.1, -0.05) is 6.92 Å². The smallest absolute Gasteiger partial charge is 0.327 e. The number of amides is 2. The first-order valence-corrected chi connectivity index (χ1v) is 8.93. The molecule has 28 heavy (non-hydrogen) atoms. The number of nitrogens with one attached hydrogen (secondary N) is 1. The summed E-state index contributed by atoms with van der Waals surface area (Å²) in [5, 5.41) is 14.6. The van der Waals surface area contributed by atoms with Gasteiger partial charge in [-0.2, -0.15) is 0 Å². The van der Waals surface area contributed by atoms with Crippen LogP contribution >= 0.6 is 0 Å². The second kappa shape index (κ2) is 9.25. The van der Waals surface area contributed by atoms with Crippen molar-refractivity contribution >= 4 is 17.5 Å². The predicted octanol–water partition coefficient (Wildman–Crippen LogP) is 1.75. The fourth-order valence-corrected chi connectivity index (χ4v) is 3.26. The monoisotopic (exact) mass is 395 g/mol. The summed E-state index contributed by atoms with van der Waals surface area (Å²) in [6.07, 6.45) is 1.77. The molecule has 1 aromatic rings. The summed E-state index contributed by atoms with van der Waals surface area (Å²) in [7, 11) is 3.96. The van der Waals surface area contributed by atoms with Crippen LogP contribution in [0.2, 0.25) is 0 Å². The number of hydrogen-bond acceptors (Lipinski definition) is 7. The van der Waals surface area contributed by atoms with E-state index in [1.165, 1.54) is 32.3 Å². The molecule has 1 aliphatic heterocycles. The number of nitro groups is 1. The SMILES string of the molecule is CCC(=O)NC1CCCN(C(=O)c2cc(OC)c(OC)c(OC)c2[N+](=O)[O-])C1. The van der Waals surface area contributed by atoms with Crippen molar-refractivity contribution in [2.24, 2.45) is 0 Å². The molecule has 1 fully saturated rings. The lowest BCUT2D eigenvalue weighted by Crippen LogP contribution is -2.49. The molecule has 0 aromatic heterocycles. The van der Waals surface area contributed by atoms with Crippen LogP contribution in [0.4, 0.5) is 5.69 Å². The first-order chi connectivity index (χ1) is 13.4. The predicted molar refractivity (Wildman–Crippen MR) is 100 cm³/mol. The van der Waals surface area contributed by atoms with Crippen LogP contribution in [0.25, 0.3) is 0 Å². The Kier molecular flexibility index (Phi) is 7.02. The van der Waals surface area contributed by atoms with Gasteiger partial charge in [-0.3, -0.25) is 19.7 Å². The number of nitrogens with zero attached hydrogens (tertiary/aromatic N) is 2. The number of hydrogen-bond donors (Lipinski definition) is 1. The van der Waals surface area contributed by atoms with Crippen molar-refractivity contribution in [3.05, 3.63) is 21.7 Å². The van der Waals surface area contributed by atoms with Gasteiger partial charge in [-0.15, -0.1) is 0 Å². The van der Waals surface area contributed by atoms with Crippen LogP contribution in [0.5, 0.6) is 17.2 Å². The minimum absolute atomic E-state index is 0.0416. The number of carbonyl (C=O) groups excluding carboxylic acids is 2. The first-order valence-electron chi connectivity index (χ1n) is 8.93. The third-order valence-corrected chi connectivity index (χ3v) is 4.61. The van der Waals surface area contributed by atoms with Gasteiger partial charge in [-0.25, -0.2) is 0 Å². The van der Waals surface area contributed by atoms with E-state index in [1.54, 1.807) is 6.92 Å². The van der Waals surface area contributed by atoms with Gasteiger partial charge >= 0.3 is 5.69 Å². The summed E-state index contributed by atoms with van der Waals surface area (Å²) in [6, 6.07) is 1.10. The van der Waals surface area contributed by atoms with Crippen LogP contribution in [0.3, 0.4) is 0 Å². The summed E-state index contributed by atoms with van der Waals surface area (Å²) in [5.41, 5.74) is -0.633. The molecule has 2 amide bonds. The molecule has 0 spiro atoms. The number of likely N-dealkylation sites (tertiary alicyclic amines) is 1. The number of nitro benzene ring substituents is 1. The van der Waals surface area contributed by atoms with Gasteiger partial charge in [0.2, 0.25) is 17.4 Å². The second-order valence-electron chi connectivity index (χ2n) is 6.31. The highest BCUT2D eigenvalue weighted by Crippen LogP contribution is 2.46. The quantitative estimate of drug-likeness (QED) is 0.551. The highest BCUT2D eigenvalue weighted by Gasteiger charge is 2.35. The molecule has 154 valence electrons. The van der Waals surface area contributed by atoms with Crippen LogP contribution in [-0.4, -0.2) is 62.1 Å². The molecular weight excluding hydrogens is 370 g/mol. The number of ether oxygens (including phenoxy) is 3. The lowest BCUT2D eigenvalue weighted by atomic mass is 10.0. The molecule has 1 saturated heterocycles. The second-order valence-corrected chi connectivity index (χ2v) is 6.31. The maximum absolute atomic E-state index is 13.1. The van der Waals surface area contributed by atoms with E-state index >= 15 is 0 Å². The van der Waals surface area contributed by atoms with Crippen LogP contribution < -0.4 is 19.5 Å². The van der Waals surface area contributed by atoms with Gasteiger partial charge in [-0.05, 0) is 12.8 Å². The van der Waals surface area contributed by atoms with Crippen LogP contribution in [-0.2, 0) is 4.79 Å². The van der Waals surface area contributed by atoms with E-state index in [-0.39, 0.29) is 41.3 Å². The fourth-order valence-electron chi connectivity index (χ4n) is 3.26. The maximum atomic E-state index is 13.1. The van der Waals surface area contributed by atoms with E-state index in [1.807, 2.05) is 0 Å². The molecule has 1 unspecified atom stereocenters. The Morgan fingerprint density at radius 3 is 2.46 bits per heavy atom. The molecule has 1 aliphatic rings. The Morgan fingerprint density at radius 1 is 1.25 bits per heavy atom. The summed E-state index contributed by atoms with van der Waals surface area (Å²) >= 11 is 0. The van der Waals surface area contributed by atoms with Crippen LogP contribution in [0, 0.1) is 10.1 Å². The summed E-state index contributed by atoms with van der Waals surface area (Å²) in [4.78, 5) is 37.3. The van der Waals surface area contributed by atoms with Gasteiger partial charge in [0.1, 0.15) is 5.56 Å². The van der Waals surface area contributed by atoms with Gasteiger partial charge in [0.05, 0.1) is 26.3 Å². The average molecular weight is 395 g/mol. The highest BCUT2D eigenvalue weighted by molar-refractivity contribution is 6.00. The number of piperidine rings is 1. The molecule has 10 heteroatoms. The van der Waals surface area contributed by atoms with Crippen molar-refractivity contribution < 1.29 is 28.7 Å². The lowest BCUT2D eigenvalue weighted by Gasteiger charge is -2.33. The Hall–Kier alpha value is -3.04. The van der Waals surface area contributed by atoms with Crippen molar-refractivity contribution in [2.45, 2.75) is 32.2 Å². The van der Waals surface area contributed by atoms with Crippen LogP contribution in [0.1, 0.15) is 36.5 Å². The molecule has 10 nitrogen and oxygen atoms in total. The minimum Gasteiger partial charge on any atom is -0.493 e. The zero-order valence-corrected chi connectivity index (χ0v) is 16.4. The van der Waals surface area contributed by atoms with E-state index in [0.717, 1.165) is 6.42 Å². The fraction of sp³-hybridized carbons (Fsp3) is 0.556. The Bertz CT molecular complexity index is 766. The van der Waals surface area contributed by atoms with Crippen molar-refractivity contribution in [3.63, 3.8) is 0 Å². The molecule has 1 atom stereocenters. The molecule has 1 N–H and O–H groups in total. The molecule has 2 rings (SSSR count). The largest absolute Gasteiger partial charge is 0.493 e. The van der Waals surface area contributed by atoms with Gasteiger partial charge < -0.3 is 24.4 Å². The minimum atomic E-state index is -0.672. The number of rotatable bonds is 7. The zero-order valence-electron chi connectivity index (χ0n) is 16.4. The Balaban J connectivity index is 2.43. The number of methoxy groups -OCH3 is 3. The highest BCUT2D eigenvalue weighted by atomic mass is 16.6. The number of benzene rings is 1. The van der Waals surface area contributed by atoms with Crippen molar-refractivity contribution in [3.8, 4) is 17.2 Å². The molecular formula is C18H25N3O7. The van der Waals surface area contributed by atoms with Gasteiger partial charge in [0.25, 0.3) is 5.91 Å². The molecule has 0 saturated carbocycles. The Labute approximate surface area is 162 Å². The van der Waals surface area contributed by atoms with Crippen molar-refractivity contribution in [2.75, 3.05) is 34.4 Å². The van der Waals surface area contributed by atoms with E-state index < -0.39 is 16.5 Å². The van der Waals surface area contributed by atoms with E-state index in [9.17, 15) is 19.7 Å². The van der Waals surface area contributed by atoms with Gasteiger partial charge in [0, 0.05) is 31.6 Å². The van der Waals surface area contributed by atoms with E-state index in [4.69, 9.17) is 14.2 Å². The Morgan fingerprint density at radius 2 is 1.93 bits per heavy atom. The maximum Gasteiger partial charge on any atom is 0.327 e. The molecule has 1 aromatic carbocycles. The average Bonchev–Trinajstić information content (AvgIpc) is 2.71. The lowest BCUT2D eigenvalue weighted by molar-refractivity contribution is -0.386. The molecule has 0 aliphatic carbocycles. The first kappa shape index (κ1) is 21.3.